The fraction of sp³-hybridized carbons (Fsp3) is 0.417. The van der Waals surface area contributed by atoms with Gasteiger partial charge in [0.15, 0.2) is 0 Å². The number of halogens is 2. The first-order valence-corrected chi connectivity index (χ1v) is 6.15. The Kier molecular flexibility index (Phi) is 5.58. The molecule has 0 unspecified atom stereocenters. The largest absolute Gasteiger partial charge is 0.377 e. The molecule has 17 heavy (non-hydrogen) atoms. The van der Waals surface area contributed by atoms with Crippen LogP contribution < -0.4 is 5.32 Å². The Balaban J connectivity index is 2.50. The number of nitrogens with one attached hydrogen (secondary N) is 1. The molecule has 1 aromatic rings. The number of carbonyl (C=O) groups excluding carboxylic acids is 1. The maximum atomic E-state index is 13.6. The molecule has 1 N–H and O–H groups in total. The highest BCUT2D eigenvalue weighted by Gasteiger charge is 2.12. The summed E-state index contributed by atoms with van der Waals surface area (Å²) >= 11 is 3.04. The van der Waals surface area contributed by atoms with Gasteiger partial charge in [-0.1, -0.05) is 6.07 Å². The number of rotatable bonds is 5. The molecule has 0 heterocycles. The molecule has 1 amide bonds. The molecular formula is C12H15BrFNO2. The lowest BCUT2D eigenvalue weighted by Crippen LogP contribution is -2.28. The van der Waals surface area contributed by atoms with Crippen LogP contribution in [0.4, 0.5) is 4.39 Å². The molecule has 0 saturated carbocycles. The summed E-state index contributed by atoms with van der Waals surface area (Å²) in [6, 6.07) is 4.61. The van der Waals surface area contributed by atoms with Crippen molar-refractivity contribution in [2.24, 2.45) is 0 Å². The lowest BCUT2D eigenvalue weighted by atomic mass is 10.2. The lowest BCUT2D eigenvalue weighted by Gasteiger charge is -2.09. The standard InChI is InChI=1S/C12H15BrFNO2/c1-8(2)17-7-6-15-12(16)9-4-3-5-10(13)11(9)14/h3-5,8H,6-7H2,1-2H3,(H,15,16). The highest BCUT2D eigenvalue weighted by molar-refractivity contribution is 9.10. The highest BCUT2D eigenvalue weighted by atomic mass is 79.9. The van der Waals surface area contributed by atoms with Gasteiger partial charge in [0.2, 0.25) is 0 Å². The third-order valence-corrected chi connectivity index (χ3v) is 2.65. The first kappa shape index (κ1) is 14.1. The van der Waals surface area contributed by atoms with Crippen molar-refractivity contribution in [1.29, 1.82) is 0 Å². The summed E-state index contributed by atoms with van der Waals surface area (Å²) in [4.78, 5) is 11.6. The predicted molar refractivity (Wildman–Crippen MR) is 67.5 cm³/mol. The van der Waals surface area contributed by atoms with E-state index >= 15 is 0 Å². The molecule has 0 aliphatic carbocycles. The molecule has 0 aliphatic heterocycles. The van der Waals surface area contributed by atoms with Gasteiger partial charge in [-0.3, -0.25) is 4.79 Å². The van der Waals surface area contributed by atoms with E-state index in [9.17, 15) is 9.18 Å². The first-order valence-electron chi connectivity index (χ1n) is 5.36. The zero-order chi connectivity index (χ0) is 12.8. The van der Waals surface area contributed by atoms with Crippen LogP contribution in [0.5, 0.6) is 0 Å². The average molecular weight is 304 g/mol. The Hall–Kier alpha value is -0.940. The third-order valence-electron chi connectivity index (χ3n) is 2.04. The molecule has 3 nitrogen and oxygen atoms in total. The van der Waals surface area contributed by atoms with Crippen LogP contribution in [0.3, 0.4) is 0 Å². The van der Waals surface area contributed by atoms with Gasteiger partial charge in [0, 0.05) is 6.54 Å². The van der Waals surface area contributed by atoms with E-state index in [2.05, 4.69) is 21.2 Å². The molecule has 1 aromatic carbocycles. The number of hydrogen-bond donors (Lipinski definition) is 1. The minimum absolute atomic E-state index is 0.0314. The Morgan fingerprint density at radius 1 is 1.53 bits per heavy atom. The van der Waals surface area contributed by atoms with Gasteiger partial charge >= 0.3 is 0 Å². The van der Waals surface area contributed by atoms with Gasteiger partial charge in [0.25, 0.3) is 5.91 Å². The van der Waals surface area contributed by atoms with Gasteiger partial charge in [-0.25, -0.2) is 4.39 Å². The zero-order valence-electron chi connectivity index (χ0n) is 9.80. The fourth-order valence-corrected chi connectivity index (χ4v) is 1.60. The van der Waals surface area contributed by atoms with Crippen LogP contribution >= 0.6 is 15.9 Å². The molecule has 0 aromatic heterocycles. The van der Waals surface area contributed by atoms with Crippen LogP contribution in [-0.4, -0.2) is 25.2 Å². The molecule has 0 spiro atoms. The SMILES string of the molecule is CC(C)OCCNC(=O)c1cccc(Br)c1F. The van der Waals surface area contributed by atoms with E-state index in [4.69, 9.17) is 4.74 Å². The van der Waals surface area contributed by atoms with Gasteiger partial charge in [0.05, 0.1) is 22.7 Å². The molecule has 0 atom stereocenters. The zero-order valence-corrected chi connectivity index (χ0v) is 11.4. The van der Waals surface area contributed by atoms with Crippen molar-refractivity contribution in [2.75, 3.05) is 13.2 Å². The second-order valence-electron chi connectivity index (χ2n) is 3.78. The number of hydrogen-bond acceptors (Lipinski definition) is 2. The Labute approximate surface area is 108 Å². The van der Waals surface area contributed by atoms with Crippen molar-refractivity contribution in [3.63, 3.8) is 0 Å². The normalized spacial score (nSPS) is 10.6. The molecule has 0 bridgehead atoms. The van der Waals surface area contributed by atoms with Crippen molar-refractivity contribution in [1.82, 2.24) is 5.32 Å². The van der Waals surface area contributed by atoms with Crippen molar-refractivity contribution < 1.29 is 13.9 Å². The summed E-state index contributed by atoms with van der Waals surface area (Å²) in [7, 11) is 0. The van der Waals surface area contributed by atoms with E-state index in [1.54, 1.807) is 12.1 Å². The second-order valence-corrected chi connectivity index (χ2v) is 4.63. The molecule has 94 valence electrons. The topological polar surface area (TPSA) is 38.3 Å². The van der Waals surface area contributed by atoms with E-state index in [-0.39, 0.29) is 16.1 Å². The van der Waals surface area contributed by atoms with Gasteiger partial charge in [0.1, 0.15) is 5.82 Å². The molecule has 5 heteroatoms. The van der Waals surface area contributed by atoms with Crippen molar-refractivity contribution in [3.05, 3.63) is 34.1 Å². The minimum Gasteiger partial charge on any atom is -0.377 e. The summed E-state index contributed by atoms with van der Waals surface area (Å²) in [5.74, 6) is -0.981. The number of carbonyl (C=O) groups is 1. The van der Waals surface area contributed by atoms with E-state index < -0.39 is 11.7 Å². The summed E-state index contributed by atoms with van der Waals surface area (Å²) in [6.07, 6.45) is 0.120. The van der Waals surface area contributed by atoms with E-state index in [1.165, 1.54) is 6.07 Å². The summed E-state index contributed by atoms with van der Waals surface area (Å²) < 4.78 is 19.1. The molecule has 0 saturated heterocycles. The monoisotopic (exact) mass is 303 g/mol. The Morgan fingerprint density at radius 2 is 2.24 bits per heavy atom. The summed E-state index contributed by atoms with van der Waals surface area (Å²) in [6.45, 7) is 4.60. The van der Waals surface area contributed by atoms with Crippen LogP contribution in [0, 0.1) is 5.82 Å². The fourth-order valence-electron chi connectivity index (χ4n) is 1.23. The summed E-state index contributed by atoms with van der Waals surface area (Å²) in [5, 5.41) is 2.60. The molecule has 1 rings (SSSR count). The van der Waals surface area contributed by atoms with Crippen LogP contribution in [0.15, 0.2) is 22.7 Å². The van der Waals surface area contributed by atoms with Crippen molar-refractivity contribution in [2.45, 2.75) is 20.0 Å². The van der Waals surface area contributed by atoms with Crippen molar-refractivity contribution in [3.8, 4) is 0 Å². The van der Waals surface area contributed by atoms with Crippen LogP contribution in [-0.2, 0) is 4.74 Å². The van der Waals surface area contributed by atoms with Gasteiger partial charge < -0.3 is 10.1 Å². The van der Waals surface area contributed by atoms with Crippen LogP contribution in [0.25, 0.3) is 0 Å². The minimum atomic E-state index is -0.547. The summed E-state index contributed by atoms with van der Waals surface area (Å²) in [5.41, 5.74) is 0.0314. The van der Waals surface area contributed by atoms with Crippen LogP contribution in [0.2, 0.25) is 0 Å². The van der Waals surface area contributed by atoms with Gasteiger partial charge in [-0.15, -0.1) is 0 Å². The Morgan fingerprint density at radius 3 is 2.88 bits per heavy atom. The highest BCUT2D eigenvalue weighted by Crippen LogP contribution is 2.18. The first-order chi connectivity index (χ1) is 8.02. The number of amides is 1. The van der Waals surface area contributed by atoms with Gasteiger partial charge in [-0.05, 0) is 41.9 Å². The van der Waals surface area contributed by atoms with E-state index in [0.717, 1.165) is 0 Å². The quantitative estimate of drug-likeness (QED) is 0.850. The maximum Gasteiger partial charge on any atom is 0.254 e. The van der Waals surface area contributed by atoms with Crippen LogP contribution in [0.1, 0.15) is 24.2 Å². The second kappa shape index (κ2) is 6.71. The lowest BCUT2D eigenvalue weighted by molar-refractivity contribution is 0.0745. The molecular weight excluding hydrogens is 289 g/mol. The third kappa shape index (κ3) is 4.44. The predicted octanol–water partition coefficient (Wildman–Crippen LogP) is 2.74. The number of ether oxygens (including phenoxy) is 1. The van der Waals surface area contributed by atoms with Crippen molar-refractivity contribution >= 4 is 21.8 Å². The number of benzene rings is 1. The Bertz CT molecular complexity index is 396. The van der Waals surface area contributed by atoms with E-state index in [0.29, 0.717) is 13.2 Å². The van der Waals surface area contributed by atoms with Gasteiger partial charge in [-0.2, -0.15) is 0 Å². The maximum absolute atomic E-state index is 13.6. The van der Waals surface area contributed by atoms with E-state index in [1.807, 2.05) is 13.8 Å². The molecule has 0 fully saturated rings. The average Bonchev–Trinajstić information content (AvgIpc) is 2.27. The molecule has 0 aliphatic rings. The smallest absolute Gasteiger partial charge is 0.254 e. The molecule has 0 radical (unpaired) electrons.